The van der Waals surface area contributed by atoms with Gasteiger partial charge in [0, 0.05) is 36.9 Å². The normalized spacial score (nSPS) is 20.8. The molecule has 1 atom stereocenters. The van der Waals surface area contributed by atoms with Gasteiger partial charge >= 0.3 is 0 Å². The highest BCUT2D eigenvalue weighted by Gasteiger charge is 2.31. The number of aryl methyl sites for hydroxylation is 1. The van der Waals surface area contributed by atoms with Crippen LogP contribution >= 0.6 is 0 Å². The van der Waals surface area contributed by atoms with Crippen LogP contribution in [0.15, 0.2) is 0 Å². The number of nitrogens with one attached hydrogen (secondary N) is 1. The lowest BCUT2D eigenvalue weighted by Gasteiger charge is -2.28. The van der Waals surface area contributed by atoms with Crippen LogP contribution in [0.1, 0.15) is 74.6 Å². The Hall–Kier alpha value is -1.36. The summed E-state index contributed by atoms with van der Waals surface area (Å²) < 4.78 is 2.07. The maximum Gasteiger partial charge on any atom is 0.274 e. The summed E-state index contributed by atoms with van der Waals surface area (Å²) in [6, 6.07) is 0.480. The minimum absolute atomic E-state index is 0.158. The monoisotopic (exact) mass is 346 g/mol. The molecule has 1 saturated heterocycles. The summed E-state index contributed by atoms with van der Waals surface area (Å²) >= 11 is 0. The van der Waals surface area contributed by atoms with E-state index in [0.717, 1.165) is 69.9 Å². The molecule has 0 saturated carbocycles. The van der Waals surface area contributed by atoms with Gasteiger partial charge in [0.1, 0.15) is 0 Å². The first-order chi connectivity index (χ1) is 12.1. The predicted molar refractivity (Wildman–Crippen MR) is 101 cm³/mol. The molecule has 1 N–H and O–H groups in total. The molecule has 3 rings (SSSR count). The number of carbonyl (C=O) groups is 1. The van der Waals surface area contributed by atoms with E-state index in [9.17, 15) is 4.79 Å². The topological polar surface area (TPSA) is 50.2 Å². The molecule has 1 fully saturated rings. The Labute approximate surface area is 152 Å². The van der Waals surface area contributed by atoms with Gasteiger partial charge in [0.05, 0.1) is 0 Å². The maximum atomic E-state index is 13.0. The Kier molecular flexibility index (Phi) is 6.15. The summed E-state index contributed by atoms with van der Waals surface area (Å²) in [5.74, 6) is 0.886. The highest BCUT2D eigenvalue weighted by atomic mass is 16.2. The van der Waals surface area contributed by atoms with E-state index >= 15 is 0 Å². The number of piperidine rings is 1. The lowest BCUT2D eigenvalue weighted by Crippen LogP contribution is -2.38. The number of hydrogen-bond acceptors (Lipinski definition) is 3. The molecule has 1 amide bonds. The molecule has 0 radical (unpaired) electrons. The van der Waals surface area contributed by atoms with Crippen LogP contribution < -0.4 is 5.32 Å². The van der Waals surface area contributed by atoms with Crippen molar-refractivity contribution in [3.63, 3.8) is 0 Å². The number of amides is 1. The fourth-order valence-corrected chi connectivity index (χ4v) is 4.12. The summed E-state index contributed by atoms with van der Waals surface area (Å²) in [5, 5.41) is 8.43. The Morgan fingerprint density at radius 1 is 1.28 bits per heavy atom. The molecular weight excluding hydrogens is 312 g/mol. The maximum absolute atomic E-state index is 13.0. The minimum Gasteiger partial charge on any atom is -0.337 e. The lowest BCUT2D eigenvalue weighted by atomic mass is 9.90. The molecule has 1 aromatic rings. The van der Waals surface area contributed by atoms with E-state index in [1.165, 1.54) is 24.1 Å². The number of likely N-dealkylation sites (tertiary alicyclic amines) is 1. The molecule has 1 aromatic heterocycles. The van der Waals surface area contributed by atoms with Crippen molar-refractivity contribution >= 4 is 5.91 Å². The van der Waals surface area contributed by atoms with Crippen LogP contribution in [0.3, 0.4) is 0 Å². The third-order valence-corrected chi connectivity index (χ3v) is 5.65. The minimum atomic E-state index is 0.158. The molecule has 5 heteroatoms. The van der Waals surface area contributed by atoms with E-state index in [2.05, 4.69) is 30.8 Å². The largest absolute Gasteiger partial charge is 0.337 e. The van der Waals surface area contributed by atoms with Crippen LogP contribution in [0.25, 0.3) is 0 Å². The third-order valence-electron chi connectivity index (χ3n) is 5.65. The second-order valence-corrected chi connectivity index (χ2v) is 8.02. The molecule has 1 aliphatic carbocycles. The van der Waals surface area contributed by atoms with Gasteiger partial charge in [0.15, 0.2) is 5.69 Å². The van der Waals surface area contributed by atoms with Gasteiger partial charge in [-0.2, -0.15) is 5.10 Å². The van der Waals surface area contributed by atoms with Crippen LogP contribution in [0.2, 0.25) is 0 Å². The average Bonchev–Trinajstić information content (AvgIpc) is 2.99. The molecule has 25 heavy (non-hydrogen) atoms. The molecule has 0 unspecified atom stereocenters. The van der Waals surface area contributed by atoms with Crippen molar-refractivity contribution in [3.05, 3.63) is 17.0 Å². The molecule has 1 aliphatic heterocycles. The number of carbonyl (C=O) groups excluding carboxylic acids is 1. The van der Waals surface area contributed by atoms with Gasteiger partial charge in [-0.1, -0.05) is 13.8 Å². The van der Waals surface area contributed by atoms with Gasteiger partial charge in [-0.05, 0) is 64.3 Å². The van der Waals surface area contributed by atoms with Crippen LogP contribution in [0.4, 0.5) is 0 Å². The SMILES string of the molecule is CCn1nc(C(=O)N2CCCCC2)c2c1CC[C@H](NCCC(C)C)C2. The van der Waals surface area contributed by atoms with Gasteiger partial charge in [0.25, 0.3) is 5.91 Å². The highest BCUT2D eigenvalue weighted by Crippen LogP contribution is 2.26. The van der Waals surface area contributed by atoms with Crippen molar-refractivity contribution in [1.82, 2.24) is 20.0 Å². The number of nitrogens with zero attached hydrogens (tertiary/aromatic N) is 3. The fourth-order valence-electron chi connectivity index (χ4n) is 4.12. The molecule has 140 valence electrons. The number of rotatable bonds is 6. The van der Waals surface area contributed by atoms with Gasteiger partial charge < -0.3 is 10.2 Å². The Morgan fingerprint density at radius 2 is 2.04 bits per heavy atom. The lowest BCUT2D eigenvalue weighted by molar-refractivity contribution is 0.0716. The van der Waals surface area contributed by atoms with Gasteiger partial charge in [-0.25, -0.2) is 0 Å². The molecular formula is C20H34N4O. The fraction of sp³-hybridized carbons (Fsp3) is 0.800. The van der Waals surface area contributed by atoms with E-state index in [-0.39, 0.29) is 5.91 Å². The summed E-state index contributed by atoms with van der Waals surface area (Å²) in [5.41, 5.74) is 3.24. The van der Waals surface area contributed by atoms with Crippen LogP contribution in [0, 0.1) is 5.92 Å². The van der Waals surface area contributed by atoms with E-state index in [0.29, 0.717) is 6.04 Å². The standard InChI is InChI=1S/C20H34N4O/c1-4-24-18-9-8-16(21-11-10-15(2)3)14-17(18)19(22-24)20(25)23-12-6-5-7-13-23/h15-16,21H,4-14H2,1-3H3/t16-/m0/s1. The van der Waals surface area contributed by atoms with Gasteiger partial charge in [-0.15, -0.1) is 0 Å². The Morgan fingerprint density at radius 3 is 2.72 bits per heavy atom. The van der Waals surface area contributed by atoms with Crippen molar-refractivity contribution in [2.24, 2.45) is 5.92 Å². The van der Waals surface area contributed by atoms with Crippen molar-refractivity contribution in [2.45, 2.75) is 78.3 Å². The summed E-state index contributed by atoms with van der Waals surface area (Å²) in [6.07, 6.45) is 7.83. The Balaban J connectivity index is 1.74. The quantitative estimate of drug-likeness (QED) is 0.861. The molecule has 0 aromatic carbocycles. The van der Waals surface area contributed by atoms with Crippen molar-refractivity contribution in [1.29, 1.82) is 0 Å². The van der Waals surface area contributed by atoms with E-state index in [1.807, 2.05) is 4.90 Å². The smallest absolute Gasteiger partial charge is 0.274 e. The summed E-state index contributed by atoms with van der Waals surface area (Å²) in [4.78, 5) is 15.1. The second-order valence-electron chi connectivity index (χ2n) is 8.02. The zero-order valence-corrected chi connectivity index (χ0v) is 16.2. The van der Waals surface area contributed by atoms with Gasteiger partial charge in [-0.3, -0.25) is 9.48 Å². The first kappa shape index (κ1) is 18.4. The summed E-state index contributed by atoms with van der Waals surface area (Å²) in [6.45, 7) is 10.3. The molecule has 0 bridgehead atoms. The zero-order chi connectivity index (χ0) is 17.8. The Bertz CT molecular complexity index is 587. The zero-order valence-electron chi connectivity index (χ0n) is 16.2. The molecule has 5 nitrogen and oxygen atoms in total. The van der Waals surface area contributed by atoms with Crippen molar-refractivity contribution in [3.8, 4) is 0 Å². The van der Waals surface area contributed by atoms with Crippen LogP contribution in [0.5, 0.6) is 0 Å². The molecule has 0 spiro atoms. The number of fused-ring (bicyclic) bond motifs is 1. The third kappa shape index (κ3) is 4.25. The molecule has 2 heterocycles. The van der Waals surface area contributed by atoms with Crippen LogP contribution in [-0.2, 0) is 19.4 Å². The van der Waals surface area contributed by atoms with E-state index in [4.69, 9.17) is 5.10 Å². The summed E-state index contributed by atoms with van der Waals surface area (Å²) in [7, 11) is 0. The first-order valence-corrected chi connectivity index (χ1v) is 10.2. The molecule has 2 aliphatic rings. The average molecular weight is 347 g/mol. The second kappa shape index (κ2) is 8.35. The van der Waals surface area contributed by atoms with Crippen molar-refractivity contribution < 1.29 is 4.79 Å². The van der Waals surface area contributed by atoms with E-state index < -0.39 is 0 Å². The highest BCUT2D eigenvalue weighted by molar-refractivity contribution is 5.94. The van der Waals surface area contributed by atoms with Gasteiger partial charge in [0.2, 0.25) is 0 Å². The number of aromatic nitrogens is 2. The first-order valence-electron chi connectivity index (χ1n) is 10.2. The van der Waals surface area contributed by atoms with E-state index in [1.54, 1.807) is 0 Å². The number of hydrogen-bond donors (Lipinski definition) is 1. The van der Waals surface area contributed by atoms with Crippen molar-refractivity contribution in [2.75, 3.05) is 19.6 Å². The van der Waals surface area contributed by atoms with Crippen LogP contribution in [-0.4, -0.2) is 46.3 Å². The predicted octanol–water partition coefficient (Wildman–Crippen LogP) is 3.02.